The lowest BCUT2D eigenvalue weighted by atomic mass is 10.2. The van der Waals surface area contributed by atoms with Crippen LogP contribution in [0.4, 0.5) is 5.95 Å². The highest BCUT2D eigenvalue weighted by Gasteiger charge is 2.22. The average molecular weight is 345 g/mol. The number of piperazine rings is 1. The fourth-order valence-corrected chi connectivity index (χ4v) is 3.18. The first-order valence-corrected chi connectivity index (χ1v) is 8.78. The molecule has 126 valence electrons. The van der Waals surface area contributed by atoms with Crippen molar-refractivity contribution in [3.05, 3.63) is 40.8 Å². The molecule has 2 amide bonds. The lowest BCUT2D eigenvalue weighted by molar-refractivity contribution is -0.131. The molecule has 2 aromatic heterocycles. The summed E-state index contributed by atoms with van der Waals surface area (Å²) in [6.45, 7) is 3.09. The maximum absolute atomic E-state index is 12.2. The Morgan fingerprint density at radius 3 is 2.58 bits per heavy atom. The molecule has 0 bridgehead atoms. The minimum atomic E-state index is -0.130. The molecule has 1 saturated heterocycles. The van der Waals surface area contributed by atoms with Crippen LogP contribution in [0.25, 0.3) is 0 Å². The van der Waals surface area contributed by atoms with Gasteiger partial charge in [0.2, 0.25) is 11.9 Å². The molecule has 3 rings (SSSR count). The van der Waals surface area contributed by atoms with Crippen LogP contribution in [-0.2, 0) is 4.79 Å². The summed E-state index contributed by atoms with van der Waals surface area (Å²) >= 11 is 1.48. The molecular formula is C16H19N5O2S. The zero-order valence-corrected chi connectivity index (χ0v) is 14.0. The largest absolute Gasteiger partial charge is 0.351 e. The van der Waals surface area contributed by atoms with E-state index in [1.54, 1.807) is 29.9 Å². The Labute approximate surface area is 144 Å². The molecule has 1 aliphatic heterocycles. The van der Waals surface area contributed by atoms with Gasteiger partial charge in [-0.25, -0.2) is 9.97 Å². The van der Waals surface area contributed by atoms with Crippen molar-refractivity contribution in [1.29, 1.82) is 0 Å². The minimum absolute atomic E-state index is 0.0641. The van der Waals surface area contributed by atoms with Crippen molar-refractivity contribution in [2.24, 2.45) is 0 Å². The van der Waals surface area contributed by atoms with Gasteiger partial charge in [-0.1, -0.05) is 0 Å². The fourth-order valence-electron chi connectivity index (χ4n) is 2.55. The number of amides is 2. The molecule has 0 atom stereocenters. The Morgan fingerprint density at radius 1 is 1.17 bits per heavy atom. The van der Waals surface area contributed by atoms with Crippen molar-refractivity contribution in [2.45, 2.75) is 6.42 Å². The summed E-state index contributed by atoms with van der Waals surface area (Å²) in [6.07, 6.45) is 3.75. The number of carbonyl (C=O) groups excluding carboxylic acids is 2. The van der Waals surface area contributed by atoms with Gasteiger partial charge in [0.25, 0.3) is 5.91 Å². The van der Waals surface area contributed by atoms with Gasteiger partial charge in [0.15, 0.2) is 0 Å². The van der Waals surface area contributed by atoms with Gasteiger partial charge in [-0.15, -0.1) is 0 Å². The van der Waals surface area contributed by atoms with Crippen LogP contribution in [0, 0.1) is 0 Å². The summed E-state index contributed by atoms with van der Waals surface area (Å²) in [5, 5.41) is 6.43. The highest BCUT2D eigenvalue weighted by Crippen LogP contribution is 2.10. The minimum Gasteiger partial charge on any atom is -0.351 e. The Hall–Kier alpha value is -2.48. The van der Waals surface area contributed by atoms with Crippen LogP contribution in [0.15, 0.2) is 35.3 Å². The van der Waals surface area contributed by atoms with Crippen LogP contribution in [0.3, 0.4) is 0 Å². The number of nitrogens with one attached hydrogen (secondary N) is 1. The van der Waals surface area contributed by atoms with Crippen molar-refractivity contribution >= 4 is 29.1 Å². The van der Waals surface area contributed by atoms with E-state index in [2.05, 4.69) is 20.2 Å². The molecule has 3 heterocycles. The number of hydrogen-bond acceptors (Lipinski definition) is 6. The molecule has 2 aromatic rings. The van der Waals surface area contributed by atoms with Gasteiger partial charge < -0.3 is 15.1 Å². The average Bonchev–Trinajstić information content (AvgIpc) is 3.17. The van der Waals surface area contributed by atoms with E-state index in [0.29, 0.717) is 37.6 Å². The molecule has 1 fully saturated rings. The summed E-state index contributed by atoms with van der Waals surface area (Å²) in [4.78, 5) is 36.4. The van der Waals surface area contributed by atoms with E-state index in [-0.39, 0.29) is 11.8 Å². The lowest BCUT2D eigenvalue weighted by Crippen LogP contribution is -2.49. The highest BCUT2D eigenvalue weighted by atomic mass is 32.1. The quantitative estimate of drug-likeness (QED) is 0.875. The van der Waals surface area contributed by atoms with E-state index in [4.69, 9.17) is 0 Å². The molecular weight excluding hydrogens is 326 g/mol. The van der Waals surface area contributed by atoms with Gasteiger partial charge in [0, 0.05) is 62.5 Å². The first kappa shape index (κ1) is 16.4. The Bertz CT molecular complexity index is 669. The predicted octanol–water partition coefficient (Wildman–Crippen LogP) is 1.01. The number of hydrogen-bond donors (Lipinski definition) is 1. The van der Waals surface area contributed by atoms with E-state index in [9.17, 15) is 9.59 Å². The second kappa shape index (κ2) is 7.87. The third-order valence-corrected chi connectivity index (χ3v) is 4.56. The van der Waals surface area contributed by atoms with Crippen LogP contribution in [-0.4, -0.2) is 59.4 Å². The molecule has 0 radical (unpaired) electrons. The Kier molecular flexibility index (Phi) is 5.37. The Morgan fingerprint density at radius 2 is 1.92 bits per heavy atom. The van der Waals surface area contributed by atoms with E-state index < -0.39 is 0 Å². The molecule has 0 saturated carbocycles. The summed E-state index contributed by atoms with van der Waals surface area (Å²) < 4.78 is 0. The van der Waals surface area contributed by atoms with E-state index in [1.165, 1.54) is 11.3 Å². The predicted molar refractivity (Wildman–Crippen MR) is 92.1 cm³/mol. The molecule has 0 unspecified atom stereocenters. The zero-order chi connectivity index (χ0) is 16.8. The molecule has 7 nitrogen and oxygen atoms in total. The van der Waals surface area contributed by atoms with Gasteiger partial charge in [0.1, 0.15) is 0 Å². The molecule has 0 spiro atoms. The molecule has 24 heavy (non-hydrogen) atoms. The van der Waals surface area contributed by atoms with Gasteiger partial charge >= 0.3 is 0 Å². The summed E-state index contributed by atoms with van der Waals surface area (Å²) in [7, 11) is 0. The number of anilines is 1. The molecule has 0 aliphatic carbocycles. The smallest absolute Gasteiger partial charge is 0.252 e. The van der Waals surface area contributed by atoms with Crippen LogP contribution in [0.1, 0.15) is 16.8 Å². The lowest BCUT2D eigenvalue weighted by Gasteiger charge is -2.34. The van der Waals surface area contributed by atoms with Gasteiger partial charge in [-0.05, 0) is 17.5 Å². The zero-order valence-electron chi connectivity index (χ0n) is 13.2. The van der Waals surface area contributed by atoms with Gasteiger partial charge in [-0.3, -0.25) is 9.59 Å². The SMILES string of the molecule is O=C(NCCC(=O)N1CCN(c2ncccn2)CC1)c1ccsc1. The molecule has 1 aliphatic rings. The summed E-state index contributed by atoms with van der Waals surface area (Å²) in [5.41, 5.74) is 0.643. The van der Waals surface area contributed by atoms with E-state index in [0.717, 1.165) is 13.1 Å². The van der Waals surface area contributed by atoms with Crippen LogP contribution in [0.5, 0.6) is 0 Å². The third-order valence-electron chi connectivity index (χ3n) is 3.88. The summed E-state index contributed by atoms with van der Waals surface area (Å²) in [5.74, 6) is 0.636. The van der Waals surface area contributed by atoms with Crippen LogP contribution >= 0.6 is 11.3 Å². The monoisotopic (exact) mass is 345 g/mol. The Balaban J connectivity index is 1.40. The first-order valence-electron chi connectivity index (χ1n) is 7.84. The topological polar surface area (TPSA) is 78.4 Å². The normalized spacial score (nSPS) is 14.5. The van der Waals surface area contributed by atoms with Crippen molar-refractivity contribution < 1.29 is 9.59 Å². The third kappa shape index (κ3) is 4.08. The van der Waals surface area contributed by atoms with Crippen LogP contribution < -0.4 is 10.2 Å². The molecule has 1 N–H and O–H groups in total. The number of nitrogens with zero attached hydrogens (tertiary/aromatic N) is 4. The highest BCUT2D eigenvalue weighted by molar-refractivity contribution is 7.08. The number of thiophene rings is 1. The van der Waals surface area contributed by atoms with Crippen molar-refractivity contribution in [2.75, 3.05) is 37.6 Å². The maximum atomic E-state index is 12.2. The van der Waals surface area contributed by atoms with Crippen LogP contribution in [0.2, 0.25) is 0 Å². The molecule has 8 heteroatoms. The van der Waals surface area contributed by atoms with Gasteiger partial charge in [0.05, 0.1) is 0 Å². The van der Waals surface area contributed by atoms with Crippen molar-refractivity contribution in [3.63, 3.8) is 0 Å². The van der Waals surface area contributed by atoms with E-state index in [1.807, 2.05) is 10.3 Å². The maximum Gasteiger partial charge on any atom is 0.252 e. The first-order chi connectivity index (χ1) is 11.7. The number of aromatic nitrogens is 2. The van der Waals surface area contributed by atoms with Gasteiger partial charge in [-0.2, -0.15) is 11.3 Å². The van der Waals surface area contributed by atoms with Crippen molar-refractivity contribution in [1.82, 2.24) is 20.2 Å². The van der Waals surface area contributed by atoms with E-state index >= 15 is 0 Å². The summed E-state index contributed by atoms with van der Waals surface area (Å²) in [6, 6.07) is 3.56. The number of rotatable bonds is 5. The second-order valence-corrected chi connectivity index (χ2v) is 6.21. The number of carbonyl (C=O) groups is 2. The fraction of sp³-hybridized carbons (Fsp3) is 0.375. The van der Waals surface area contributed by atoms with Crippen molar-refractivity contribution in [3.8, 4) is 0 Å². The second-order valence-electron chi connectivity index (χ2n) is 5.43. The standard InChI is InChI=1S/C16H19N5O2S/c22-14(2-6-17-15(23)13-3-11-24-12-13)20-7-9-21(10-8-20)16-18-4-1-5-19-16/h1,3-5,11-12H,2,6-10H2,(H,17,23). The molecule has 0 aromatic carbocycles.